The standard InChI is InChI=1S/C11H11Cl2NO6S/c1-6(2)5-20-11(15)7-3-8(14(16)17)10(12)9(4-7)21(13,18)19/h3-4,6H,5H2,1-2H3. The van der Waals surface area contributed by atoms with Crippen molar-refractivity contribution >= 4 is 43.0 Å². The van der Waals surface area contributed by atoms with E-state index < -0.39 is 35.5 Å². The number of esters is 1. The highest BCUT2D eigenvalue weighted by Crippen LogP contribution is 2.34. The van der Waals surface area contributed by atoms with Gasteiger partial charge >= 0.3 is 5.97 Å². The van der Waals surface area contributed by atoms with Crippen LogP contribution in [0, 0.1) is 16.0 Å². The van der Waals surface area contributed by atoms with Gasteiger partial charge < -0.3 is 4.74 Å². The van der Waals surface area contributed by atoms with Crippen LogP contribution in [-0.4, -0.2) is 25.9 Å². The molecule has 1 aromatic rings. The van der Waals surface area contributed by atoms with E-state index in [2.05, 4.69) is 0 Å². The summed E-state index contributed by atoms with van der Waals surface area (Å²) in [4.78, 5) is 21.0. The Labute approximate surface area is 130 Å². The zero-order chi connectivity index (χ0) is 16.4. The predicted molar refractivity (Wildman–Crippen MR) is 76.3 cm³/mol. The first-order valence-corrected chi connectivity index (χ1v) is 8.32. The van der Waals surface area contributed by atoms with Crippen LogP contribution in [0.2, 0.25) is 5.02 Å². The van der Waals surface area contributed by atoms with E-state index in [0.29, 0.717) is 0 Å². The number of halogens is 2. The van der Waals surface area contributed by atoms with E-state index in [9.17, 15) is 23.3 Å². The maximum atomic E-state index is 11.8. The number of carbonyl (C=O) groups is 1. The number of nitrogens with zero attached hydrogens (tertiary/aromatic N) is 1. The fourth-order valence-corrected chi connectivity index (χ4v) is 2.89. The molecule has 0 fully saturated rings. The molecular weight excluding hydrogens is 345 g/mol. The monoisotopic (exact) mass is 355 g/mol. The summed E-state index contributed by atoms with van der Waals surface area (Å²) in [6, 6.07) is 1.69. The lowest BCUT2D eigenvalue weighted by molar-refractivity contribution is -0.384. The van der Waals surface area contributed by atoms with E-state index in [1.165, 1.54) is 0 Å². The molecule has 0 amide bonds. The van der Waals surface area contributed by atoms with Crippen molar-refractivity contribution in [2.45, 2.75) is 18.7 Å². The molecule has 0 N–H and O–H groups in total. The first-order chi connectivity index (χ1) is 9.54. The van der Waals surface area contributed by atoms with E-state index in [0.717, 1.165) is 12.1 Å². The summed E-state index contributed by atoms with van der Waals surface area (Å²) >= 11 is 5.64. The Balaban J connectivity index is 3.38. The van der Waals surface area contributed by atoms with Gasteiger partial charge in [-0.2, -0.15) is 0 Å². The van der Waals surface area contributed by atoms with E-state index in [4.69, 9.17) is 27.0 Å². The molecule has 1 rings (SSSR count). The fraction of sp³-hybridized carbons (Fsp3) is 0.364. The zero-order valence-corrected chi connectivity index (χ0v) is 13.3. The molecule has 10 heteroatoms. The highest BCUT2D eigenvalue weighted by molar-refractivity contribution is 8.13. The normalized spacial score (nSPS) is 11.5. The Morgan fingerprint density at radius 2 is 2.00 bits per heavy atom. The van der Waals surface area contributed by atoms with Crippen LogP contribution < -0.4 is 0 Å². The van der Waals surface area contributed by atoms with Gasteiger partial charge in [-0.15, -0.1) is 0 Å². The quantitative estimate of drug-likeness (QED) is 0.348. The van der Waals surface area contributed by atoms with E-state index >= 15 is 0 Å². The highest BCUT2D eigenvalue weighted by Gasteiger charge is 2.27. The summed E-state index contributed by atoms with van der Waals surface area (Å²) < 4.78 is 27.6. The average molecular weight is 356 g/mol. The molecule has 1 aromatic carbocycles. The third kappa shape index (κ3) is 4.55. The van der Waals surface area contributed by atoms with Gasteiger partial charge in [0, 0.05) is 16.7 Å². The molecule has 0 heterocycles. The molecule has 0 aliphatic carbocycles. The van der Waals surface area contributed by atoms with Gasteiger partial charge in [0.2, 0.25) is 0 Å². The minimum atomic E-state index is -4.35. The smallest absolute Gasteiger partial charge is 0.338 e. The number of hydrogen-bond donors (Lipinski definition) is 0. The van der Waals surface area contributed by atoms with Crippen LogP contribution in [0.25, 0.3) is 0 Å². The number of nitro benzene ring substituents is 1. The number of rotatable bonds is 5. The molecule has 0 saturated carbocycles. The molecule has 0 saturated heterocycles. The van der Waals surface area contributed by atoms with Gasteiger partial charge in [0.05, 0.1) is 17.1 Å². The predicted octanol–water partition coefficient (Wildman–Crippen LogP) is 2.99. The summed E-state index contributed by atoms with van der Waals surface area (Å²) in [5.41, 5.74) is -1.05. The summed E-state index contributed by atoms with van der Waals surface area (Å²) in [5, 5.41) is 10.2. The first-order valence-electron chi connectivity index (χ1n) is 5.63. The number of ether oxygens (including phenoxy) is 1. The van der Waals surface area contributed by atoms with Crippen molar-refractivity contribution in [3.63, 3.8) is 0 Å². The Hall–Kier alpha value is -1.38. The number of hydrogen-bond acceptors (Lipinski definition) is 6. The molecule has 0 atom stereocenters. The SMILES string of the molecule is CC(C)COC(=O)c1cc([N+](=O)[O-])c(Cl)c(S(=O)(=O)Cl)c1. The van der Waals surface area contributed by atoms with Crippen molar-refractivity contribution in [2.75, 3.05) is 6.61 Å². The topological polar surface area (TPSA) is 104 Å². The van der Waals surface area contributed by atoms with Crippen LogP contribution in [0.15, 0.2) is 17.0 Å². The maximum Gasteiger partial charge on any atom is 0.338 e. The minimum absolute atomic E-state index is 0.0486. The largest absolute Gasteiger partial charge is 0.462 e. The fourth-order valence-electron chi connectivity index (χ4n) is 1.34. The minimum Gasteiger partial charge on any atom is -0.462 e. The van der Waals surface area contributed by atoms with Gasteiger partial charge in [0.15, 0.2) is 0 Å². The van der Waals surface area contributed by atoms with Crippen LogP contribution >= 0.6 is 22.3 Å². The summed E-state index contributed by atoms with van der Waals surface area (Å²) in [7, 11) is 0.809. The van der Waals surface area contributed by atoms with Crippen molar-refractivity contribution in [2.24, 2.45) is 5.92 Å². The molecule has 116 valence electrons. The van der Waals surface area contributed by atoms with Crippen molar-refractivity contribution in [1.82, 2.24) is 0 Å². The van der Waals surface area contributed by atoms with Gasteiger partial charge in [-0.05, 0) is 12.0 Å². The van der Waals surface area contributed by atoms with Crippen LogP contribution in [0.1, 0.15) is 24.2 Å². The third-order valence-corrected chi connectivity index (χ3v) is 4.12. The van der Waals surface area contributed by atoms with Crippen LogP contribution in [0.4, 0.5) is 5.69 Å². The molecule has 0 spiro atoms. The number of carbonyl (C=O) groups excluding carboxylic acids is 1. The maximum absolute atomic E-state index is 11.8. The first kappa shape index (κ1) is 17.7. The molecule has 7 nitrogen and oxygen atoms in total. The Morgan fingerprint density at radius 1 is 1.43 bits per heavy atom. The lowest BCUT2D eigenvalue weighted by Crippen LogP contribution is -2.11. The van der Waals surface area contributed by atoms with Gasteiger partial charge in [-0.1, -0.05) is 25.4 Å². The molecule has 0 aliphatic heterocycles. The number of nitro groups is 1. The van der Waals surface area contributed by atoms with E-state index in [-0.39, 0.29) is 18.1 Å². The Bertz CT molecular complexity index is 686. The summed E-state index contributed by atoms with van der Waals surface area (Å²) in [6.07, 6.45) is 0. The highest BCUT2D eigenvalue weighted by atomic mass is 35.7. The molecule has 0 bridgehead atoms. The molecular formula is C11H11Cl2NO6S. The van der Waals surface area contributed by atoms with Gasteiger partial charge in [-0.25, -0.2) is 13.2 Å². The molecule has 0 aromatic heterocycles. The third-order valence-electron chi connectivity index (χ3n) is 2.26. The van der Waals surface area contributed by atoms with Gasteiger partial charge in [0.1, 0.15) is 9.92 Å². The van der Waals surface area contributed by atoms with Crippen molar-refractivity contribution < 1.29 is 22.9 Å². The second kappa shape index (κ2) is 6.59. The van der Waals surface area contributed by atoms with Crippen molar-refractivity contribution in [1.29, 1.82) is 0 Å². The molecule has 0 radical (unpaired) electrons. The van der Waals surface area contributed by atoms with Gasteiger partial charge in [0.25, 0.3) is 14.7 Å². The van der Waals surface area contributed by atoms with E-state index in [1.807, 2.05) is 0 Å². The van der Waals surface area contributed by atoms with Crippen molar-refractivity contribution in [3.8, 4) is 0 Å². The van der Waals surface area contributed by atoms with Crippen LogP contribution in [0.5, 0.6) is 0 Å². The van der Waals surface area contributed by atoms with Crippen molar-refractivity contribution in [3.05, 3.63) is 32.8 Å². The zero-order valence-electron chi connectivity index (χ0n) is 11.0. The van der Waals surface area contributed by atoms with E-state index in [1.54, 1.807) is 13.8 Å². The summed E-state index contributed by atoms with van der Waals surface area (Å²) in [5.74, 6) is -0.850. The molecule has 21 heavy (non-hydrogen) atoms. The van der Waals surface area contributed by atoms with Gasteiger partial charge in [-0.3, -0.25) is 10.1 Å². The lowest BCUT2D eigenvalue weighted by atomic mass is 10.2. The second-order valence-electron chi connectivity index (χ2n) is 4.49. The Kier molecular flexibility index (Phi) is 5.54. The lowest BCUT2D eigenvalue weighted by Gasteiger charge is -2.09. The molecule has 0 unspecified atom stereocenters. The average Bonchev–Trinajstić information content (AvgIpc) is 2.34. The summed E-state index contributed by atoms with van der Waals surface area (Å²) in [6.45, 7) is 3.68. The number of benzene rings is 1. The second-order valence-corrected chi connectivity index (χ2v) is 7.41. The van der Waals surface area contributed by atoms with Crippen LogP contribution in [0.3, 0.4) is 0 Å². The van der Waals surface area contributed by atoms with Crippen LogP contribution in [-0.2, 0) is 13.8 Å². The molecule has 0 aliphatic rings. The Morgan fingerprint density at radius 3 is 2.43 bits per heavy atom.